The van der Waals surface area contributed by atoms with E-state index in [0.29, 0.717) is 11.4 Å². The maximum absolute atomic E-state index is 9.19. The highest BCUT2D eigenvalue weighted by atomic mass is 15.1. The minimum absolute atomic E-state index is 0.603. The lowest BCUT2D eigenvalue weighted by molar-refractivity contribution is 0.653. The Balaban J connectivity index is 2.18. The summed E-state index contributed by atoms with van der Waals surface area (Å²) in [6.07, 6.45) is 6.26. The van der Waals surface area contributed by atoms with Crippen molar-refractivity contribution in [3.8, 4) is 11.9 Å². The quantitative estimate of drug-likeness (QED) is 0.766. The van der Waals surface area contributed by atoms with Gasteiger partial charge in [0.15, 0.2) is 5.82 Å². The van der Waals surface area contributed by atoms with Crippen LogP contribution in [0.5, 0.6) is 0 Å². The van der Waals surface area contributed by atoms with Gasteiger partial charge in [-0.05, 0) is 44.7 Å². The first kappa shape index (κ1) is 11.0. The van der Waals surface area contributed by atoms with Crippen LogP contribution in [0, 0.1) is 18.3 Å². The van der Waals surface area contributed by atoms with Gasteiger partial charge in [0.05, 0.1) is 11.3 Å². The van der Waals surface area contributed by atoms with E-state index in [2.05, 4.69) is 16.0 Å². The molecule has 2 heterocycles. The van der Waals surface area contributed by atoms with Crippen LogP contribution in [-0.4, -0.2) is 14.5 Å². The second kappa shape index (κ2) is 4.26. The standard InChI is InChI=1S/C14H14N4/c1-10-6-7-11(8-15)14(17-10)18-9-16-12-4-2-3-5-13(12)18/h6-7,9H,2-5H2,1H3. The monoisotopic (exact) mass is 238 g/mol. The summed E-state index contributed by atoms with van der Waals surface area (Å²) in [5.41, 5.74) is 3.90. The molecule has 0 fully saturated rings. The molecule has 2 aromatic heterocycles. The number of fused-ring (bicyclic) bond motifs is 1. The summed E-state index contributed by atoms with van der Waals surface area (Å²) in [5.74, 6) is 0.716. The highest BCUT2D eigenvalue weighted by Crippen LogP contribution is 2.23. The van der Waals surface area contributed by atoms with E-state index in [1.807, 2.05) is 23.6 Å². The number of nitrogens with zero attached hydrogens (tertiary/aromatic N) is 4. The lowest BCUT2D eigenvalue weighted by Gasteiger charge is -2.14. The Labute approximate surface area is 106 Å². The zero-order valence-electron chi connectivity index (χ0n) is 10.3. The SMILES string of the molecule is Cc1ccc(C#N)c(-n2cnc3c2CCCC3)n1. The van der Waals surface area contributed by atoms with Crippen molar-refractivity contribution in [2.75, 3.05) is 0 Å². The number of hydrogen-bond donors (Lipinski definition) is 0. The lowest BCUT2D eigenvalue weighted by atomic mass is 10.0. The van der Waals surface area contributed by atoms with Crippen molar-refractivity contribution in [3.05, 3.63) is 41.1 Å². The van der Waals surface area contributed by atoms with Crippen molar-refractivity contribution in [3.63, 3.8) is 0 Å². The molecule has 90 valence electrons. The van der Waals surface area contributed by atoms with Crippen LogP contribution in [0.2, 0.25) is 0 Å². The average molecular weight is 238 g/mol. The summed E-state index contributed by atoms with van der Waals surface area (Å²) in [7, 11) is 0. The van der Waals surface area contributed by atoms with Gasteiger partial charge in [-0.15, -0.1) is 0 Å². The summed E-state index contributed by atoms with van der Waals surface area (Å²) in [5, 5.41) is 9.19. The van der Waals surface area contributed by atoms with Crippen LogP contribution in [0.25, 0.3) is 5.82 Å². The van der Waals surface area contributed by atoms with Gasteiger partial charge < -0.3 is 0 Å². The van der Waals surface area contributed by atoms with E-state index in [1.54, 1.807) is 6.33 Å². The van der Waals surface area contributed by atoms with Crippen molar-refractivity contribution in [1.29, 1.82) is 5.26 Å². The second-order valence-corrected chi connectivity index (χ2v) is 4.65. The molecule has 1 aliphatic carbocycles. The topological polar surface area (TPSA) is 54.5 Å². The third kappa shape index (κ3) is 1.68. The maximum Gasteiger partial charge on any atom is 0.156 e. The molecular weight excluding hydrogens is 224 g/mol. The number of pyridine rings is 1. The Hall–Kier alpha value is -2.15. The van der Waals surface area contributed by atoms with E-state index in [1.165, 1.54) is 18.5 Å². The number of rotatable bonds is 1. The summed E-state index contributed by atoms with van der Waals surface area (Å²) in [6.45, 7) is 1.94. The highest BCUT2D eigenvalue weighted by Gasteiger charge is 2.18. The molecule has 18 heavy (non-hydrogen) atoms. The number of hydrogen-bond acceptors (Lipinski definition) is 3. The van der Waals surface area contributed by atoms with E-state index < -0.39 is 0 Å². The highest BCUT2D eigenvalue weighted by molar-refractivity contribution is 5.46. The molecule has 0 saturated carbocycles. The van der Waals surface area contributed by atoms with Gasteiger partial charge in [-0.2, -0.15) is 5.26 Å². The average Bonchev–Trinajstić information content (AvgIpc) is 2.82. The molecule has 0 radical (unpaired) electrons. The summed E-state index contributed by atoms with van der Waals surface area (Å²) in [6, 6.07) is 5.90. The van der Waals surface area contributed by atoms with Gasteiger partial charge in [0.2, 0.25) is 0 Å². The van der Waals surface area contributed by atoms with Crippen LogP contribution < -0.4 is 0 Å². The molecule has 4 nitrogen and oxygen atoms in total. The van der Waals surface area contributed by atoms with E-state index in [-0.39, 0.29) is 0 Å². The smallest absolute Gasteiger partial charge is 0.156 e. The normalized spacial score (nSPS) is 14.0. The largest absolute Gasteiger partial charge is 0.286 e. The first-order chi connectivity index (χ1) is 8.79. The van der Waals surface area contributed by atoms with E-state index >= 15 is 0 Å². The van der Waals surface area contributed by atoms with Crippen LogP contribution >= 0.6 is 0 Å². The molecule has 4 heteroatoms. The van der Waals surface area contributed by atoms with Gasteiger partial charge in [0.1, 0.15) is 12.4 Å². The maximum atomic E-state index is 9.19. The van der Waals surface area contributed by atoms with Crippen molar-refractivity contribution < 1.29 is 0 Å². The second-order valence-electron chi connectivity index (χ2n) is 4.65. The van der Waals surface area contributed by atoms with Crippen molar-refractivity contribution in [1.82, 2.24) is 14.5 Å². The van der Waals surface area contributed by atoms with E-state index in [4.69, 9.17) is 0 Å². The molecule has 1 aliphatic rings. The third-order valence-electron chi connectivity index (χ3n) is 3.39. The predicted octanol–water partition coefficient (Wildman–Crippen LogP) is 2.33. The van der Waals surface area contributed by atoms with Crippen LogP contribution in [0.3, 0.4) is 0 Å². The fraction of sp³-hybridized carbons (Fsp3) is 0.357. The van der Waals surface area contributed by atoms with Crippen LogP contribution in [0.15, 0.2) is 18.5 Å². The predicted molar refractivity (Wildman–Crippen MR) is 67.5 cm³/mol. The molecule has 0 saturated heterocycles. The molecule has 3 rings (SSSR count). The van der Waals surface area contributed by atoms with E-state index in [0.717, 1.165) is 24.2 Å². The van der Waals surface area contributed by atoms with Crippen LogP contribution in [-0.2, 0) is 12.8 Å². The summed E-state index contributed by atoms with van der Waals surface area (Å²) < 4.78 is 1.99. The van der Waals surface area contributed by atoms with Crippen molar-refractivity contribution >= 4 is 0 Å². The van der Waals surface area contributed by atoms with Crippen LogP contribution in [0.4, 0.5) is 0 Å². The summed E-state index contributed by atoms with van der Waals surface area (Å²) in [4.78, 5) is 8.95. The van der Waals surface area contributed by atoms with Crippen molar-refractivity contribution in [2.24, 2.45) is 0 Å². The Morgan fingerprint density at radius 2 is 2.11 bits per heavy atom. The Morgan fingerprint density at radius 1 is 1.28 bits per heavy atom. The zero-order chi connectivity index (χ0) is 12.5. The Morgan fingerprint density at radius 3 is 2.94 bits per heavy atom. The fourth-order valence-corrected chi connectivity index (χ4v) is 2.47. The molecule has 0 N–H and O–H groups in total. The Bertz CT molecular complexity index is 634. The molecule has 0 aliphatic heterocycles. The molecular formula is C14H14N4. The zero-order valence-corrected chi connectivity index (χ0v) is 10.3. The minimum Gasteiger partial charge on any atom is -0.286 e. The first-order valence-electron chi connectivity index (χ1n) is 6.23. The van der Waals surface area contributed by atoms with Gasteiger partial charge in [0, 0.05) is 11.4 Å². The van der Waals surface area contributed by atoms with Gasteiger partial charge in [-0.25, -0.2) is 9.97 Å². The van der Waals surface area contributed by atoms with Gasteiger partial charge in [-0.1, -0.05) is 0 Å². The van der Waals surface area contributed by atoms with E-state index in [9.17, 15) is 5.26 Å². The fourth-order valence-electron chi connectivity index (χ4n) is 2.47. The van der Waals surface area contributed by atoms with Gasteiger partial charge in [-0.3, -0.25) is 4.57 Å². The summed E-state index contributed by atoms with van der Waals surface area (Å²) >= 11 is 0. The molecule has 0 bridgehead atoms. The minimum atomic E-state index is 0.603. The molecule has 0 spiro atoms. The molecule has 0 aromatic carbocycles. The molecule has 2 aromatic rings. The van der Waals surface area contributed by atoms with Gasteiger partial charge in [0.25, 0.3) is 0 Å². The number of imidazole rings is 1. The number of aromatic nitrogens is 3. The third-order valence-corrected chi connectivity index (χ3v) is 3.39. The molecule has 0 amide bonds. The Kier molecular flexibility index (Phi) is 2.60. The molecule has 0 atom stereocenters. The van der Waals surface area contributed by atoms with Crippen LogP contribution in [0.1, 0.15) is 35.5 Å². The molecule has 0 unspecified atom stereocenters. The first-order valence-corrected chi connectivity index (χ1v) is 6.23. The number of aryl methyl sites for hydroxylation is 2. The van der Waals surface area contributed by atoms with Gasteiger partial charge >= 0.3 is 0 Å². The lowest BCUT2D eigenvalue weighted by Crippen LogP contribution is -2.09. The van der Waals surface area contributed by atoms with Crippen molar-refractivity contribution in [2.45, 2.75) is 32.6 Å². The number of nitriles is 1.